The highest BCUT2D eigenvalue weighted by Crippen LogP contribution is 2.66. The largest absolute Gasteiger partial charge is 0.455 e. The molecule has 31 heavy (non-hydrogen) atoms. The van der Waals surface area contributed by atoms with E-state index in [9.17, 15) is 4.79 Å². The quantitative estimate of drug-likeness (QED) is 0.521. The Morgan fingerprint density at radius 2 is 1.94 bits per heavy atom. The van der Waals surface area contributed by atoms with E-state index in [1.165, 1.54) is 12.1 Å². The molecule has 6 heteroatoms. The van der Waals surface area contributed by atoms with Crippen LogP contribution in [0, 0.1) is 23.7 Å². The zero-order valence-corrected chi connectivity index (χ0v) is 19.3. The average molecular weight is 445 g/mol. The van der Waals surface area contributed by atoms with Gasteiger partial charge in [0, 0.05) is 55.3 Å². The first-order chi connectivity index (χ1) is 14.9. The van der Waals surface area contributed by atoms with E-state index in [1.54, 1.807) is 0 Å². The van der Waals surface area contributed by atoms with Crippen molar-refractivity contribution in [3.05, 3.63) is 29.3 Å². The molecule has 0 aromatic heterocycles. The molecule has 5 fully saturated rings. The molecule has 2 saturated carbocycles. The van der Waals surface area contributed by atoms with Crippen molar-refractivity contribution in [2.24, 2.45) is 23.7 Å². The zero-order valence-electron chi connectivity index (χ0n) is 18.6. The van der Waals surface area contributed by atoms with Gasteiger partial charge in [0.1, 0.15) is 11.7 Å². The predicted molar refractivity (Wildman–Crippen MR) is 120 cm³/mol. The van der Waals surface area contributed by atoms with Crippen LogP contribution in [0.3, 0.4) is 0 Å². The molecule has 7 atom stereocenters. The third-order valence-corrected chi connectivity index (χ3v) is 9.33. The number of halogens is 1. The van der Waals surface area contributed by atoms with Gasteiger partial charge < -0.3 is 14.4 Å². The van der Waals surface area contributed by atoms with Gasteiger partial charge in [0.25, 0.3) is 0 Å². The number of rotatable bonds is 3. The van der Waals surface area contributed by atoms with E-state index in [-0.39, 0.29) is 29.2 Å². The first-order valence-electron chi connectivity index (χ1n) is 12.0. The smallest absolute Gasteiger partial charge is 0.311 e. The van der Waals surface area contributed by atoms with E-state index in [0.717, 1.165) is 57.0 Å². The number of carbonyl (C=O) groups is 1. The Bertz CT molecular complexity index is 887. The minimum Gasteiger partial charge on any atom is -0.455 e. The average Bonchev–Trinajstić information content (AvgIpc) is 3.38. The Labute approximate surface area is 190 Å². The van der Waals surface area contributed by atoms with Gasteiger partial charge >= 0.3 is 5.97 Å². The molecule has 1 aromatic rings. The Morgan fingerprint density at radius 1 is 1.13 bits per heavy atom. The molecule has 5 aliphatic rings. The summed E-state index contributed by atoms with van der Waals surface area (Å²) in [6.45, 7) is 9.24. The van der Waals surface area contributed by atoms with Crippen LogP contribution >= 0.6 is 11.6 Å². The Balaban J connectivity index is 1.17. The van der Waals surface area contributed by atoms with E-state index in [4.69, 9.17) is 21.1 Å². The number of piperazine rings is 1. The van der Waals surface area contributed by atoms with Crippen LogP contribution in [0.5, 0.6) is 0 Å². The van der Waals surface area contributed by atoms with E-state index in [1.807, 2.05) is 18.2 Å². The van der Waals surface area contributed by atoms with Gasteiger partial charge in [-0.15, -0.1) is 0 Å². The summed E-state index contributed by atoms with van der Waals surface area (Å²) in [7, 11) is 0. The topological polar surface area (TPSA) is 45.3 Å². The van der Waals surface area contributed by atoms with Gasteiger partial charge in [-0.3, -0.25) is 9.69 Å². The van der Waals surface area contributed by atoms with E-state index >= 15 is 0 Å². The second-order valence-electron chi connectivity index (χ2n) is 10.8. The minimum atomic E-state index is -0.366. The number of hydrogen-bond acceptors (Lipinski definition) is 5. The maximum atomic E-state index is 13.2. The van der Waals surface area contributed by atoms with Crippen LogP contribution < -0.4 is 4.90 Å². The van der Waals surface area contributed by atoms with E-state index in [2.05, 4.69) is 29.7 Å². The van der Waals surface area contributed by atoms with Gasteiger partial charge in [0.2, 0.25) is 0 Å². The second kappa shape index (κ2) is 7.10. The van der Waals surface area contributed by atoms with Crippen LogP contribution in [0.4, 0.5) is 5.69 Å². The van der Waals surface area contributed by atoms with Crippen LogP contribution in [0.25, 0.3) is 0 Å². The van der Waals surface area contributed by atoms with E-state index < -0.39 is 0 Å². The zero-order chi connectivity index (χ0) is 21.4. The number of anilines is 1. The molecule has 3 saturated heterocycles. The molecule has 6 rings (SSSR count). The van der Waals surface area contributed by atoms with E-state index in [0.29, 0.717) is 17.8 Å². The molecule has 168 valence electrons. The van der Waals surface area contributed by atoms with Crippen molar-refractivity contribution in [3.8, 4) is 0 Å². The molecular formula is C25H33ClN2O3. The molecule has 1 aromatic carbocycles. The fraction of sp³-hybridized carbons (Fsp3) is 0.720. The van der Waals surface area contributed by atoms with Gasteiger partial charge in [-0.25, -0.2) is 0 Å². The van der Waals surface area contributed by atoms with Crippen molar-refractivity contribution in [2.75, 3.05) is 37.6 Å². The molecule has 2 aliphatic carbocycles. The van der Waals surface area contributed by atoms with Crippen LogP contribution in [0.2, 0.25) is 5.02 Å². The SMILES string of the molecule is C[C@@H]1CC[C@@H]2[C@H](CN3CCN(c4cccc(Cl)c4)CC3)C(=O)O[C@]23[C@@H]1CC[C@]1(C)O[C@@H]31. The molecule has 0 bridgehead atoms. The highest BCUT2D eigenvalue weighted by atomic mass is 35.5. The normalized spacial score (nSPS) is 44.3. The fourth-order valence-electron chi connectivity index (χ4n) is 7.40. The maximum absolute atomic E-state index is 13.2. The summed E-state index contributed by atoms with van der Waals surface area (Å²) in [5.41, 5.74) is 0.751. The molecule has 0 N–H and O–H groups in total. The monoisotopic (exact) mass is 444 g/mol. The van der Waals surface area contributed by atoms with Gasteiger partial charge in [-0.1, -0.05) is 24.6 Å². The first-order valence-corrected chi connectivity index (χ1v) is 12.4. The standard InChI is InChI=1S/C25H33ClN2O3/c1-16-6-7-21-19(22(29)30-25(21)20(16)8-9-24(2)23(25)31-24)15-27-10-12-28(13-11-27)18-5-3-4-17(26)14-18/h3-5,14,16,19-21,23H,6-13,15H2,1-2H3/t16-,19+,20-,21-,23-,24+,25-/m1/s1. The Morgan fingerprint density at radius 3 is 2.71 bits per heavy atom. The first kappa shape index (κ1) is 20.3. The Kier molecular flexibility index (Phi) is 4.65. The third kappa shape index (κ3) is 3.07. The number of nitrogens with zero attached hydrogens (tertiary/aromatic N) is 2. The lowest BCUT2D eigenvalue weighted by Crippen LogP contribution is -2.58. The van der Waals surface area contributed by atoms with Crippen LogP contribution in [0.15, 0.2) is 24.3 Å². The molecule has 0 unspecified atom stereocenters. The van der Waals surface area contributed by atoms with Crippen molar-refractivity contribution in [2.45, 2.75) is 56.8 Å². The van der Waals surface area contributed by atoms with Crippen molar-refractivity contribution in [1.29, 1.82) is 0 Å². The van der Waals surface area contributed by atoms with Crippen molar-refractivity contribution < 1.29 is 14.3 Å². The molecule has 3 aliphatic heterocycles. The number of hydrogen-bond donors (Lipinski definition) is 0. The summed E-state index contributed by atoms with van der Waals surface area (Å²) in [6, 6.07) is 8.09. The lowest BCUT2D eigenvalue weighted by Gasteiger charge is -2.50. The molecule has 0 radical (unpaired) electrons. The van der Waals surface area contributed by atoms with Gasteiger partial charge in [-0.05, 0) is 56.7 Å². The number of fused-ring (bicyclic) bond motifs is 1. The van der Waals surface area contributed by atoms with Crippen molar-refractivity contribution >= 4 is 23.3 Å². The minimum absolute atomic E-state index is 0.0146. The molecular weight excluding hydrogens is 412 g/mol. The number of carbonyl (C=O) groups excluding carboxylic acids is 1. The predicted octanol–water partition coefficient (Wildman–Crippen LogP) is 3.99. The molecule has 0 amide bonds. The lowest BCUT2D eigenvalue weighted by atomic mass is 9.55. The van der Waals surface area contributed by atoms with Crippen LogP contribution in [-0.4, -0.2) is 60.9 Å². The van der Waals surface area contributed by atoms with Gasteiger partial charge in [0.05, 0.1) is 11.5 Å². The summed E-state index contributed by atoms with van der Waals surface area (Å²) >= 11 is 6.18. The summed E-state index contributed by atoms with van der Waals surface area (Å²) in [5.74, 6) is 1.39. The fourth-order valence-corrected chi connectivity index (χ4v) is 7.59. The van der Waals surface area contributed by atoms with Gasteiger partial charge in [0.15, 0.2) is 0 Å². The molecule has 5 nitrogen and oxygen atoms in total. The number of ether oxygens (including phenoxy) is 2. The molecule has 1 spiro atoms. The maximum Gasteiger partial charge on any atom is 0.311 e. The van der Waals surface area contributed by atoms with Crippen molar-refractivity contribution in [1.82, 2.24) is 4.90 Å². The highest BCUT2D eigenvalue weighted by Gasteiger charge is 2.77. The summed E-state index contributed by atoms with van der Waals surface area (Å²) < 4.78 is 12.6. The molecule has 3 heterocycles. The number of epoxide rings is 1. The summed E-state index contributed by atoms with van der Waals surface area (Å²) in [4.78, 5) is 18.1. The Hall–Kier alpha value is -1.30. The second-order valence-corrected chi connectivity index (χ2v) is 11.2. The third-order valence-electron chi connectivity index (χ3n) is 9.09. The summed E-state index contributed by atoms with van der Waals surface area (Å²) in [6.07, 6.45) is 4.64. The highest BCUT2D eigenvalue weighted by molar-refractivity contribution is 6.30. The number of esters is 1. The van der Waals surface area contributed by atoms with Crippen LogP contribution in [0.1, 0.15) is 39.5 Å². The summed E-state index contributed by atoms with van der Waals surface area (Å²) in [5, 5.41) is 0.779. The van der Waals surface area contributed by atoms with Crippen LogP contribution in [-0.2, 0) is 14.3 Å². The lowest BCUT2D eigenvalue weighted by molar-refractivity contribution is -0.168. The number of benzene rings is 1. The van der Waals surface area contributed by atoms with Crippen molar-refractivity contribution in [3.63, 3.8) is 0 Å². The van der Waals surface area contributed by atoms with Gasteiger partial charge in [-0.2, -0.15) is 0 Å².